The fourth-order valence-electron chi connectivity index (χ4n) is 3.45. The lowest BCUT2D eigenvalue weighted by molar-refractivity contribution is 0.0963. The third kappa shape index (κ3) is 2.58. The smallest absolute Gasteiger partial charge is 0.0590 e. The number of hydrogen-bond acceptors (Lipinski definition) is 2. The van der Waals surface area contributed by atoms with Gasteiger partial charge in [0.2, 0.25) is 0 Å². The molecular weight excluding hydrogens is 246 g/mol. The summed E-state index contributed by atoms with van der Waals surface area (Å²) >= 11 is 0. The molecule has 2 aromatic carbocycles. The van der Waals surface area contributed by atoms with Crippen LogP contribution < -0.4 is 5.32 Å². The van der Waals surface area contributed by atoms with Gasteiger partial charge in [-0.3, -0.25) is 0 Å². The fraction of sp³-hybridized carbons (Fsp3) is 0.444. The maximum absolute atomic E-state index is 5.73. The Labute approximate surface area is 121 Å². The molecule has 0 spiro atoms. The summed E-state index contributed by atoms with van der Waals surface area (Å²) in [5.74, 6) is 0.610. The first kappa shape index (κ1) is 13.6. The molecule has 106 valence electrons. The van der Waals surface area contributed by atoms with Gasteiger partial charge in [-0.15, -0.1) is 0 Å². The van der Waals surface area contributed by atoms with Crippen molar-refractivity contribution in [3.63, 3.8) is 0 Å². The molecule has 0 amide bonds. The molecular formula is C18H23NO. The first-order chi connectivity index (χ1) is 9.79. The summed E-state index contributed by atoms with van der Waals surface area (Å²) in [4.78, 5) is 0. The first-order valence-electron chi connectivity index (χ1n) is 7.55. The first-order valence-corrected chi connectivity index (χ1v) is 7.55. The molecule has 0 saturated carbocycles. The molecule has 2 aromatic rings. The molecule has 2 nitrogen and oxygen atoms in total. The Balaban J connectivity index is 1.87. The summed E-state index contributed by atoms with van der Waals surface area (Å²) in [5, 5.41) is 6.21. The molecule has 1 heterocycles. The summed E-state index contributed by atoms with van der Waals surface area (Å²) in [5.41, 5.74) is 1.43. The molecule has 1 saturated heterocycles. The number of ether oxygens (including phenoxy) is 1. The minimum atomic E-state index is 0.363. The Morgan fingerprint density at radius 1 is 1.20 bits per heavy atom. The summed E-state index contributed by atoms with van der Waals surface area (Å²) in [6, 6.07) is 15.7. The predicted molar refractivity (Wildman–Crippen MR) is 84.0 cm³/mol. The molecule has 3 unspecified atom stereocenters. The van der Waals surface area contributed by atoms with Gasteiger partial charge < -0.3 is 10.1 Å². The lowest BCUT2D eigenvalue weighted by atomic mass is 9.87. The van der Waals surface area contributed by atoms with Gasteiger partial charge >= 0.3 is 0 Å². The van der Waals surface area contributed by atoms with E-state index in [0.29, 0.717) is 18.1 Å². The van der Waals surface area contributed by atoms with Crippen molar-refractivity contribution in [2.45, 2.75) is 31.9 Å². The lowest BCUT2D eigenvalue weighted by Crippen LogP contribution is -2.38. The largest absolute Gasteiger partial charge is 0.378 e. The standard InChI is InChI=1S/C18H23NO/c1-13-16(10-11-20-13)18(19-2)12-15-8-5-7-14-6-3-4-9-17(14)15/h3-9,13,16,18-19H,10-12H2,1-2H3. The average molecular weight is 269 g/mol. The second-order valence-electron chi connectivity index (χ2n) is 5.77. The van der Waals surface area contributed by atoms with Gasteiger partial charge in [-0.2, -0.15) is 0 Å². The molecule has 0 radical (unpaired) electrons. The third-order valence-electron chi connectivity index (χ3n) is 4.64. The Bertz CT molecular complexity index is 575. The number of fused-ring (bicyclic) bond motifs is 1. The molecule has 0 aliphatic carbocycles. The van der Waals surface area contributed by atoms with Crippen LogP contribution in [0, 0.1) is 5.92 Å². The van der Waals surface area contributed by atoms with Crippen LogP contribution in [0.2, 0.25) is 0 Å². The summed E-state index contributed by atoms with van der Waals surface area (Å²) in [6.07, 6.45) is 2.59. The molecule has 1 N–H and O–H groups in total. The second-order valence-corrected chi connectivity index (χ2v) is 5.77. The number of rotatable bonds is 4. The van der Waals surface area contributed by atoms with Crippen LogP contribution in [0.15, 0.2) is 42.5 Å². The minimum Gasteiger partial charge on any atom is -0.378 e. The maximum Gasteiger partial charge on any atom is 0.0590 e. The van der Waals surface area contributed by atoms with Crippen LogP contribution in [0.25, 0.3) is 10.8 Å². The average Bonchev–Trinajstić information content (AvgIpc) is 2.91. The highest BCUT2D eigenvalue weighted by Gasteiger charge is 2.31. The zero-order chi connectivity index (χ0) is 13.9. The molecule has 1 fully saturated rings. The maximum atomic E-state index is 5.73. The van der Waals surface area contributed by atoms with Gasteiger partial charge in [0, 0.05) is 18.6 Å². The molecule has 3 atom stereocenters. The Morgan fingerprint density at radius 3 is 2.75 bits per heavy atom. The van der Waals surface area contributed by atoms with E-state index >= 15 is 0 Å². The zero-order valence-electron chi connectivity index (χ0n) is 12.3. The quantitative estimate of drug-likeness (QED) is 0.918. The molecule has 1 aliphatic heterocycles. The van der Waals surface area contributed by atoms with Gasteiger partial charge in [-0.25, -0.2) is 0 Å². The van der Waals surface area contributed by atoms with Gasteiger partial charge in [0.05, 0.1) is 6.10 Å². The van der Waals surface area contributed by atoms with E-state index in [1.165, 1.54) is 16.3 Å². The van der Waals surface area contributed by atoms with Crippen LogP contribution in [0.3, 0.4) is 0 Å². The van der Waals surface area contributed by atoms with Crippen molar-refractivity contribution in [2.24, 2.45) is 5.92 Å². The molecule has 0 aromatic heterocycles. The van der Waals surface area contributed by atoms with Crippen molar-refractivity contribution in [2.75, 3.05) is 13.7 Å². The van der Waals surface area contributed by atoms with E-state index < -0.39 is 0 Å². The van der Waals surface area contributed by atoms with Crippen molar-refractivity contribution in [3.05, 3.63) is 48.0 Å². The van der Waals surface area contributed by atoms with Crippen LogP contribution in [0.5, 0.6) is 0 Å². The number of nitrogens with one attached hydrogen (secondary N) is 1. The molecule has 3 rings (SSSR count). The van der Waals surface area contributed by atoms with Crippen LogP contribution >= 0.6 is 0 Å². The van der Waals surface area contributed by atoms with Gasteiger partial charge in [-0.05, 0) is 43.1 Å². The summed E-state index contributed by atoms with van der Waals surface area (Å²) in [6.45, 7) is 3.10. The Morgan fingerprint density at radius 2 is 2.00 bits per heavy atom. The topological polar surface area (TPSA) is 21.3 Å². The van der Waals surface area contributed by atoms with Crippen LogP contribution in [-0.4, -0.2) is 25.8 Å². The van der Waals surface area contributed by atoms with E-state index in [1.54, 1.807) is 0 Å². The van der Waals surface area contributed by atoms with Crippen molar-refractivity contribution < 1.29 is 4.74 Å². The van der Waals surface area contributed by atoms with Crippen molar-refractivity contribution in [1.29, 1.82) is 0 Å². The number of hydrogen-bond donors (Lipinski definition) is 1. The van der Waals surface area contributed by atoms with E-state index in [1.807, 2.05) is 0 Å². The third-order valence-corrected chi connectivity index (χ3v) is 4.64. The van der Waals surface area contributed by atoms with E-state index in [4.69, 9.17) is 4.74 Å². The Hall–Kier alpha value is -1.38. The van der Waals surface area contributed by atoms with Gasteiger partial charge in [-0.1, -0.05) is 42.5 Å². The van der Waals surface area contributed by atoms with Crippen molar-refractivity contribution in [1.82, 2.24) is 5.32 Å². The zero-order valence-corrected chi connectivity index (χ0v) is 12.3. The number of benzene rings is 2. The second kappa shape index (κ2) is 5.94. The Kier molecular flexibility index (Phi) is 4.04. The summed E-state index contributed by atoms with van der Waals surface area (Å²) in [7, 11) is 2.07. The van der Waals surface area contributed by atoms with Crippen LogP contribution in [-0.2, 0) is 11.2 Å². The van der Waals surface area contributed by atoms with E-state index in [-0.39, 0.29) is 0 Å². The SMILES string of the molecule is CNC(Cc1cccc2ccccc12)C1CCOC1C. The number of likely N-dealkylation sites (N-methyl/N-ethyl adjacent to an activating group) is 1. The molecule has 2 heteroatoms. The highest BCUT2D eigenvalue weighted by molar-refractivity contribution is 5.85. The van der Waals surface area contributed by atoms with E-state index in [0.717, 1.165) is 19.4 Å². The molecule has 0 bridgehead atoms. The van der Waals surface area contributed by atoms with Crippen molar-refractivity contribution >= 4 is 10.8 Å². The highest BCUT2D eigenvalue weighted by atomic mass is 16.5. The van der Waals surface area contributed by atoms with Gasteiger partial charge in [0.15, 0.2) is 0 Å². The highest BCUT2D eigenvalue weighted by Crippen LogP contribution is 2.28. The van der Waals surface area contributed by atoms with Crippen molar-refractivity contribution in [3.8, 4) is 0 Å². The fourth-order valence-corrected chi connectivity index (χ4v) is 3.45. The molecule has 20 heavy (non-hydrogen) atoms. The predicted octanol–water partition coefficient (Wildman–Crippen LogP) is 3.40. The van der Waals surface area contributed by atoms with Gasteiger partial charge in [0.1, 0.15) is 0 Å². The van der Waals surface area contributed by atoms with Gasteiger partial charge in [0.25, 0.3) is 0 Å². The minimum absolute atomic E-state index is 0.363. The molecule has 1 aliphatic rings. The normalized spacial score (nSPS) is 24.1. The lowest BCUT2D eigenvalue weighted by Gasteiger charge is -2.26. The monoisotopic (exact) mass is 269 g/mol. The van der Waals surface area contributed by atoms with E-state index in [9.17, 15) is 0 Å². The summed E-state index contributed by atoms with van der Waals surface area (Å²) < 4.78 is 5.73. The van der Waals surface area contributed by atoms with Crippen LogP contribution in [0.1, 0.15) is 18.9 Å². The van der Waals surface area contributed by atoms with E-state index in [2.05, 4.69) is 61.8 Å². The van der Waals surface area contributed by atoms with Crippen LogP contribution in [0.4, 0.5) is 0 Å².